The number of amidine groups is 1. The summed E-state index contributed by atoms with van der Waals surface area (Å²) in [7, 11) is 1.65. The highest BCUT2D eigenvalue weighted by Gasteiger charge is 2.23. The van der Waals surface area contributed by atoms with Crippen molar-refractivity contribution in [1.29, 1.82) is 0 Å². The number of hydrogen-bond acceptors (Lipinski definition) is 5. The summed E-state index contributed by atoms with van der Waals surface area (Å²) in [5.74, 6) is 0.652. The van der Waals surface area contributed by atoms with E-state index in [2.05, 4.69) is 41.0 Å². The second-order valence-corrected chi connectivity index (χ2v) is 6.21. The molecule has 2 rings (SSSR count). The molecule has 0 radical (unpaired) electrons. The van der Waals surface area contributed by atoms with E-state index in [0.717, 1.165) is 11.4 Å². The number of carbonyl (C=O) groups excluding carboxylic acids is 1. The third-order valence-electron chi connectivity index (χ3n) is 2.49. The van der Waals surface area contributed by atoms with Crippen LogP contribution in [0.4, 0.5) is 0 Å². The van der Waals surface area contributed by atoms with Gasteiger partial charge in [0.15, 0.2) is 5.17 Å². The fraction of sp³-hybridized carbons (Fsp3) is 0.385. The van der Waals surface area contributed by atoms with Gasteiger partial charge in [-0.15, -0.1) is 0 Å². The lowest BCUT2D eigenvalue weighted by atomic mass is 9.96. The Morgan fingerprint density at radius 3 is 2.42 bits per heavy atom. The summed E-state index contributed by atoms with van der Waals surface area (Å²) in [5.41, 5.74) is 0.732. The summed E-state index contributed by atoms with van der Waals surface area (Å²) in [4.78, 5) is 24.9. The van der Waals surface area contributed by atoms with Gasteiger partial charge in [0.1, 0.15) is 5.82 Å². The lowest BCUT2D eigenvalue weighted by molar-refractivity contribution is -0.115. The molecule has 100 valence electrons. The Balaban J connectivity index is 2.23. The van der Waals surface area contributed by atoms with Crippen LogP contribution >= 0.6 is 11.8 Å². The van der Waals surface area contributed by atoms with Gasteiger partial charge in [0.05, 0.1) is 4.91 Å². The minimum atomic E-state index is -0.134. The van der Waals surface area contributed by atoms with Crippen molar-refractivity contribution in [1.82, 2.24) is 15.3 Å². The number of carbonyl (C=O) groups is 1. The minimum absolute atomic E-state index is 0.0762. The average molecular weight is 276 g/mol. The molecule has 0 spiro atoms. The molecule has 0 saturated carbocycles. The van der Waals surface area contributed by atoms with E-state index in [4.69, 9.17) is 0 Å². The third-order valence-corrected chi connectivity index (χ3v) is 3.50. The summed E-state index contributed by atoms with van der Waals surface area (Å²) in [6, 6.07) is 0. The van der Waals surface area contributed by atoms with Crippen molar-refractivity contribution in [3.63, 3.8) is 0 Å². The zero-order valence-electron chi connectivity index (χ0n) is 11.4. The predicted octanol–water partition coefficient (Wildman–Crippen LogP) is 1.96. The highest BCUT2D eigenvalue weighted by molar-refractivity contribution is 8.18. The Labute approximate surface area is 116 Å². The molecule has 0 aliphatic carbocycles. The first-order valence-electron chi connectivity index (χ1n) is 5.90. The van der Waals surface area contributed by atoms with E-state index in [-0.39, 0.29) is 11.3 Å². The van der Waals surface area contributed by atoms with Crippen molar-refractivity contribution >= 4 is 28.9 Å². The molecular weight excluding hydrogens is 260 g/mol. The van der Waals surface area contributed by atoms with Crippen molar-refractivity contribution in [2.24, 2.45) is 4.99 Å². The molecule has 1 N–H and O–H groups in total. The molecule has 0 atom stereocenters. The van der Waals surface area contributed by atoms with Crippen LogP contribution in [0, 0.1) is 0 Å². The maximum absolute atomic E-state index is 11.7. The lowest BCUT2D eigenvalue weighted by Gasteiger charge is -2.15. The molecule has 2 heterocycles. The van der Waals surface area contributed by atoms with Gasteiger partial charge < -0.3 is 5.32 Å². The summed E-state index contributed by atoms with van der Waals surface area (Å²) in [5, 5.41) is 3.29. The van der Waals surface area contributed by atoms with Crippen LogP contribution in [-0.4, -0.2) is 28.1 Å². The van der Waals surface area contributed by atoms with E-state index < -0.39 is 0 Å². The van der Waals surface area contributed by atoms with Crippen LogP contribution < -0.4 is 5.32 Å². The molecule has 19 heavy (non-hydrogen) atoms. The van der Waals surface area contributed by atoms with E-state index in [1.54, 1.807) is 25.5 Å². The average Bonchev–Trinajstić information content (AvgIpc) is 2.70. The SMILES string of the molecule is CN=C1NC(=O)/C(=C/c2cnc(C(C)(C)C)nc2)S1. The Morgan fingerprint density at radius 1 is 1.32 bits per heavy atom. The Hall–Kier alpha value is -1.69. The summed E-state index contributed by atoms with van der Waals surface area (Å²) < 4.78 is 0. The summed E-state index contributed by atoms with van der Waals surface area (Å²) in [6.45, 7) is 6.18. The Bertz CT molecular complexity index is 555. The van der Waals surface area contributed by atoms with Crippen molar-refractivity contribution in [2.75, 3.05) is 7.05 Å². The van der Waals surface area contributed by atoms with Crippen LogP contribution in [0.15, 0.2) is 22.3 Å². The van der Waals surface area contributed by atoms with Gasteiger partial charge in [-0.1, -0.05) is 20.8 Å². The number of aliphatic imine (C=N–C) groups is 1. The highest BCUT2D eigenvalue weighted by Crippen LogP contribution is 2.25. The molecule has 1 saturated heterocycles. The van der Waals surface area contributed by atoms with Crippen molar-refractivity contribution < 1.29 is 4.79 Å². The van der Waals surface area contributed by atoms with Crippen LogP contribution in [0.3, 0.4) is 0 Å². The van der Waals surface area contributed by atoms with Crippen LogP contribution in [0.2, 0.25) is 0 Å². The fourth-order valence-electron chi connectivity index (χ4n) is 1.48. The smallest absolute Gasteiger partial charge is 0.264 e. The molecule has 0 aromatic carbocycles. The first kappa shape index (κ1) is 13.7. The van der Waals surface area contributed by atoms with E-state index in [9.17, 15) is 4.79 Å². The zero-order chi connectivity index (χ0) is 14.0. The van der Waals surface area contributed by atoms with Crippen molar-refractivity contribution in [3.8, 4) is 0 Å². The topological polar surface area (TPSA) is 67.2 Å². The number of nitrogens with one attached hydrogen (secondary N) is 1. The van der Waals surface area contributed by atoms with Gasteiger partial charge in [-0.2, -0.15) is 0 Å². The number of nitrogens with zero attached hydrogens (tertiary/aromatic N) is 3. The summed E-state index contributed by atoms with van der Waals surface area (Å²) >= 11 is 1.32. The predicted molar refractivity (Wildman–Crippen MR) is 77.8 cm³/mol. The third kappa shape index (κ3) is 3.20. The first-order valence-corrected chi connectivity index (χ1v) is 6.72. The lowest BCUT2D eigenvalue weighted by Crippen LogP contribution is -2.19. The standard InChI is InChI=1S/C13H16N4OS/c1-13(2,3)11-15-6-8(7-16-11)5-9-10(18)17-12(14-4)19-9/h5-7H,1-4H3,(H,14,17,18)/b9-5-. The molecule has 1 amide bonds. The number of thioether (sulfide) groups is 1. The Morgan fingerprint density at radius 2 is 1.95 bits per heavy atom. The van der Waals surface area contributed by atoms with Crippen molar-refractivity contribution in [2.45, 2.75) is 26.2 Å². The molecule has 0 unspecified atom stereocenters. The maximum atomic E-state index is 11.7. The molecule has 1 aromatic rings. The monoisotopic (exact) mass is 276 g/mol. The van der Waals surface area contributed by atoms with Gasteiger partial charge in [0.2, 0.25) is 0 Å². The number of aromatic nitrogens is 2. The molecule has 6 heteroatoms. The van der Waals surface area contributed by atoms with Gasteiger partial charge in [-0.25, -0.2) is 9.97 Å². The van der Waals surface area contributed by atoms with Gasteiger partial charge in [-0.05, 0) is 17.8 Å². The second kappa shape index (κ2) is 5.13. The van der Waals surface area contributed by atoms with Crippen molar-refractivity contribution in [3.05, 3.63) is 28.7 Å². The van der Waals surface area contributed by atoms with E-state index in [0.29, 0.717) is 10.1 Å². The second-order valence-electron chi connectivity index (χ2n) is 5.18. The largest absolute Gasteiger partial charge is 0.301 e. The maximum Gasteiger partial charge on any atom is 0.264 e. The van der Waals surface area contributed by atoms with Crippen LogP contribution in [0.5, 0.6) is 0 Å². The van der Waals surface area contributed by atoms with Crippen LogP contribution in [0.25, 0.3) is 6.08 Å². The number of rotatable bonds is 1. The van der Waals surface area contributed by atoms with Crippen LogP contribution in [-0.2, 0) is 10.2 Å². The normalized spacial score (nSPS) is 20.1. The van der Waals surface area contributed by atoms with Gasteiger partial charge in [-0.3, -0.25) is 9.79 Å². The van der Waals surface area contributed by atoms with Gasteiger partial charge in [0.25, 0.3) is 5.91 Å². The van der Waals surface area contributed by atoms with E-state index in [1.165, 1.54) is 11.8 Å². The molecule has 1 aromatic heterocycles. The molecule has 1 aliphatic heterocycles. The molecule has 1 fully saturated rings. The van der Waals surface area contributed by atoms with Crippen LogP contribution in [0.1, 0.15) is 32.2 Å². The van der Waals surface area contributed by atoms with E-state index in [1.807, 2.05) is 0 Å². The minimum Gasteiger partial charge on any atom is -0.301 e. The summed E-state index contributed by atoms with van der Waals surface area (Å²) in [6.07, 6.45) is 5.23. The molecule has 0 bridgehead atoms. The first-order chi connectivity index (χ1) is 8.90. The molecular formula is C13H16N4OS. The zero-order valence-corrected chi connectivity index (χ0v) is 12.2. The van der Waals surface area contributed by atoms with Gasteiger partial charge in [0, 0.05) is 30.4 Å². The fourth-order valence-corrected chi connectivity index (χ4v) is 2.26. The number of hydrogen-bond donors (Lipinski definition) is 1. The quantitative estimate of drug-likeness (QED) is 0.796. The molecule has 1 aliphatic rings. The van der Waals surface area contributed by atoms with Gasteiger partial charge >= 0.3 is 0 Å². The Kier molecular flexibility index (Phi) is 3.71. The molecule has 5 nitrogen and oxygen atoms in total. The highest BCUT2D eigenvalue weighted by atomic mass is 32.2. The number of amides is 1. The van der Waals surface area contributed by atoms with E-state index >= 15 is 0 Å².